The van der Waals surface area contributed by atoms with E-state index in [-0.39, 0.29) is 5.82 Å². The van der Waals surface area contributed by atoms with Crippen molar-refractivity contribution >= 4 is 39.1 Å². The van der Waals surface area contributed by atoms with Crippen LogP contribution < -0.4 is 10.2 Å². The number of piperazine rings is 1. The molecule has 7 heteroatoms. The largest absolute Gasteiger partial charge is 0.353 e. The van der Waals surface area contributed by atoms with Gasteiger partial charge in [-0.15, -0.1) is 0 Å². The van der Waals surface area contributed by atoms with Crippen molar-refractivity contribution in [3.8, 4) is 11.1 Å². The van der Waals surface area contributed by atoms with Gasteiger partial charge in [-0.3, -0.25) is 0 Å². The van der Waals surface area contributed by atoms with Crippen LogP contribution in [0.15, 0.2) is 48.5 Å². The van der Waals surface area contributed by atoms with Gasteiger partial charge in [0.25, 0.3) is 0 Å². The van der Waals surface area contributed by atoms with Crippen LogP contribution in [0.5, 0.6) is 0 Å². The van der Waals surface area contributed by atoms with E-state index in [0.29, 0.717) is 39.6 Å². The lowest BCUT2D eigenvalue weighted by Gasteiger charge is -2.34. The Hall–Kier alpha value is -2.80. The molecule has 4 heterocycles. The number of nitrogens with zero attached hydrogens (tertiary/aromatic N) is 4. The van der Waals surface area contributed by atoms with Crippen molar-refractivity contribution in [2.75, 3.05) is 31.1 Å². The van der Waals surface area contributed by atoms with E-state index >= 15 is 4.39 Å². The first kappa shape index (κ1) is 26.1. The van der Waals surface area contributed by atoms with E-state index in [0.717, 1.165) is 67.0 Å². The molecule has 0 aliphatic carbocycles. The molecule has 1 aromatic heterocycles. The van der Waals surface area contributed by atoms with Crippen LogP contribution in [0.4, 0.5) is 10.2 Å². The second-order valence-electron chi connectivity index (χ2n) is 12.0. The molecule has 5 nitrogen and oxygen atoms in total. The number of aryl methyl sites for hydroxylation is 1. The second-order valence-corrected chi connectivity index (χ2v) is 12.4. The first-order valence-electron chi connectivity index (χ1n) is 15.0. The summed E-state index contributed by atoms with van der Waals surface area (Å²) in [5.41, 5.74) is 1.59. The predicted molar refractivity (Wildman–Crippen MR) is 163 cm³/mol. The molecular formula is C33H37ClFN5. The summed E-state index contributed by atoms with van der Waals surface area (Å²) in [5, 5.41) is 6.85. The Morgan fingerprint density at radius 3 is 2.60 bits per heavy atom. The van der Waals surface area contributed by atoms with Crippen LogP contribution in [-0.2, 0) is 6.42 Å². The Morgan fingerprint density at radius 2 is 1.77 bits per heavy atom. The van der Waals surface area contributed by atoms with E-state index in [9.17, 15) is 0 Å². The molecule has 0 saturated carbocycles. The van der Waals surface area contributed by atoms with Crippen LogP contribution >= 0.6 is 11.6 Å². The number of benzene rings is 3. The quantitative estimate of drug-likeness (QED) is 0.277. The smallest absolute Gasteiger partial charge is 0.158 e. The second kappa shape index (κ2) is 10.9. The number of aromatic nitrogens is 2. The molecule has 3 aliphatic rings. The molecular weight excluding hydrogens is 521 g/mol. The number of fused-ring (bicyclic) bond motifs is 4. The third-order valence-electron chi connectivity index (χ3n) is 9.27. The van der Waals surface area contributed by atoms with Gasteiger partial charge in [-0.25, -0.2) is 14.4 Å². The molecule has 0 radical (unpaired) electrons. The van der Waals surface area contributed by atoms with Crippen molar-refractivity contribution < 1.29 is 4.39 Å². The number of halogens is 2. The fraction of sp³-hybridized carbons (Fsp3) is 0.455. The topological polar surface area (TPSA) is 44.3 Å². The highest BCUT2D eigenvalue weighted by atomic mass is 35.5. The number of anilines is 1. The minimum Gasteiger partial charge on any atom is -0.353 e. The summed E-state index contributed by atoms with van der Waals surface area (Å²) >= 11 is 6.92. The lowest BCUT2D eigenvalue weighted by Crippen LogP contribution is -2.51. The van der Waals surface area contributed by atoms with E-state index < -0.39 is 0 Å². The fourth-order valence-corrected chi connectivity index (χ4v) is 7.46. The summed E-state index contributed by atoms with van der Waals surface area (Å²) in [7, 11) is 0. The monoisotopic (exact) mass is 557 g/mol. The molecule has 3 fully saturated rings. The van der Waals surface area contributed by atoms with E-state index in [1.54, 1.807) is 0 Å². The summed E-state index contributed by atoms with van der Waals surface area (Å²) in [6, 6.07) is 17.4. The molecule has 0 amide bonds. The number of rotatable bonds is 6. The molecule has 3 saturated heterocycles. The van der Waals surface area contributed by atoms with Crippen LogP contribution in [0.3, 0.4) is 0 Å². The van der Waals surface area contributed by atoms with Gasteiger partial charge in [0.2, 0.25) is 0 Å². The van der Waals surface area contributed by atoms with Crippen LogP contribution in [0.1, 0.15) is 51.3 Å². The van der Waals surface area contributed by atoms with Crippen molar-refractivity contribution in [2.45, 2.75) is 70.0 Å². The molecule has 4 aromatic rings. The molecule has 7 rings (SSSR count). The highest BCUT2D eigenvalue weighted by molar-refractivity contribution is 6.35. The Balaban J connectivity index is 1.31. The zero-order valence-electron chi connectivity index (χ0n) is 23.2. The van der Waals surface area contributed by atoms with E-state index in [4.69, 9.17) is 21.6 Å². The third-order valence-corrected chi connectivity index (χ3v) is 9.57. The van der Waals surface area contributed by atoms with Crippen LogP contribution in [0, 0.1) is 5.82 Å². The standard InChI is InChI=1S/C33H37ClFN5/c1-21-8-4-5-16-39(21)17-7-13-29-37-32-27(33(38-29)40-19-23-14-15-24(20-40)36-23)18-28(34)30(31(32)35)26-12-6-10-22-9-2-3-11-25(22)26/h2-3,6,9-12,18,21,23-24,36H,4-5,7-8,13-17,19-20H2,1H3/t21-,23?,24?/m0/s1. The fourth-order valence-electron chi connectivity index (χ4n) is 7.17. The lowest BCUT2D eigenvalue weighted by atomic mass is 9.96. The summed E-state index contributed by atoms with van der Waals surface area (Å²) in [5.74, 6) is 1.20. The average Bonchev–Trinajstić information content (AvgIpc) is 3.31. The summed E-state index contributed by atoms with van der Waals surface area (Å²) in [4.78, 5) is 14.9. The molecule has 1 N–H and O–H groups in total. The van der Waals surface area contributed by atoms with Gasteiger partial charge in [-0.1, -0.05) is 60.5 Å². The van der Waals surface area contributed by atoms with Crippen molar-refractivity contribution in [1.82, 2.24) is 20.2 Å². The van der Waals surface area contributed by atoms with Crippen molar-refractivity contribution in [3.05, 3.63) is 65.2 Å². The van der Waals surface area contributed by atoms with Gasteiger partial charge < -0.3 is 15.1 Å². The Kier molecular flexibility index (Phi) is 7.11. The third kappa shape index (κ3) is 4.84. The summed E-state index contributed by atoms with van der Waals surface area (Å²) in [6.07, 6.45) is 7.91. The first-order valence-corrected chi connectivity index (χ1v) is 15.3. The van der Waals surface area contributed by atoms with Crippen molar-refractivity contribution in [1.29, 1.82) is 0 Å². The van der Waals surface area contributed by atoms with E-state index in [1.807, 2.05) is 48.5 Å². The molecule has 208 valence electrons. The molecule has 3 aliphatic heterocycles. The van der Waals surface area contributed by atoms with Gasteiger partial charge in [-0.2, -0.15) is 0 Å². The summed E-state index contributed by atoms with van der Waals surface area (Å²) in [6.45, 7) is 6.27. The van der Waals surface area contributed by atoms with Gasteiger partial charge in [0.1, 0.15) is 17.2 Å². The minimum absolute atomic E-state index is 0.355. The van der Waals surface area contributed by atoms with Crippen molar-refractivity contribution in [2.24, 2.45) is 0 Å². The Bertz CT molecular complexity index is 1540. The van der Waals surface area contributed by atoms with Gasteiger partial charge >= 0.3 is 0 Å². The van der Waals surface area contributed by atoms with Crippen LogP contribution in [0.2, 0.25) is 5.02 Å². The summed E-state index contributed by atoms with van der Waals surface area (Å²) < 4.78 is 16.7. The molecule has 3 atom stereocenters. The van der Waals surface area contributed by atoms with Gasteiger partial charge in [0, 0.05) is 48.6 Å². The Morgan fingerprint density at radius 1 is 0.975 bits per heavy atom. The number of hydrogen-bond donors (Lipinski definition) is 1. The van der Waals surface area contributed by atoms with Gasteiger partial charge in [0.15, 0.2) is 5.82 Å². The zero-order valence-corrected chi connectivity index (χ0v) is 23.9. The predicted octanol–water partition coefficient (Wildman–Crippen LogP) is 6.99. The number of nitrogens with one attached hydrogen (secondary N) is 1. The molecule has 40 heavy (non-hydrogen) atoms. The van der Waals surface area contributed by atoms with Crippen molar-refractivity contribution in [3.63, 3.8) is 0 Å². The molecule has 2 unspecified atom stereocenters. The normalized spacial score (nSPS) is 23.4. The maximum atomic E-state index is 16.7. The maximum Gasteiger partial charge on any atom is 0.158 e. The van der Waals surface area contributed by atoms with Crippen LogP contribution in [0.25, 0.3) is 32.8 Å². The van der Waals surface area contributed by atoms with Gasteiger partial charge in [-0.05, 0) is 74.5 Å². The molecule has 0 spiro atoms. The zero-order chi connectivity index (χ0) is 27.2. The Labute approximate surface area is 240 Å². The van der Waals surface area contributed by atoms with Crippen LogP contribution in [-0.4, -0.2) is 59.2 Å². The number of piperidine rings is 1. The maximum absolute atomic E-state index is 16.7. The number of hydrogen-bond acceptors (Lipinski definition) is 5. The van der Waals surface area contributed by atoms with E-state index in [2.05, 4.69) is 22.0 Å². The average molecular weight is 558 g/mol. The minimum atomic E-state index is -0.355. The lowest BCUT2D eigenvalue weighted by molar-refractivity contribution is 0.159. The van der Waals surface area contributed by atoms with E-state index in [1.165, 1.54) is 32.1 Å². The number of likely N-dealkylation sites (tertiary alicyclic amines) is 1. The van der Waals surface area contributed by atoms with Gasteiger partial charge in [0.05, 0.1) is 5.02 Å². The first-order chi connectivity index (χ1) is 19.5. The highest BCUT2D eigenvalue weighted by Gasteiger charge is 2.34. The highest BCUT2D eigenvalue weighted by Crippen LogP contribution is 2.41. The molecule has 3 aromatic carbocycles. The SMILES string of the molecule is C[C@H]1CCCCN1CCCc1nc(N2CC3CCC(C2)N3)c2cc(Cl)c(-c3cccc4ccccc34)c(F)c2n1. The molecule has 2 bridgehead atoms.